The number of aromatic hydroxyl groups is 1. The Kier molecular flexibility index (Phi) is 9.34. The molecular weight excluding hydrogens is 718 g/mol. The van der Waals surface area contributed by atoms with Crippen LogP contribution in [0.4, 0.5) is 40.9 Å². The van der Waals surface area contributed by atoms with Crippen molar-refractivity contribution in [2.24, 2.45) is 0 Å². The summed E-state index contributed by atoms with van der Waals surface area (Å²) < 4.78 is 123. The zero-order chi connectivity index (χ0) is 37.9. The van der Waals surface area contributed by atoms with Gasteiger partial charge >= 0.3 is 12.5 Å². The number of phenols is 1. The Labute approximate surface area is 297 Å². The number of fused-ring (bicyclic) bond motifs is 3. The van der Waals surface area contributed by atoms with Crippen LogP contribution in [0, 0.1) is 18.2 Å². The number of allylic oxidation sites excluding steroid dienone is 3. The second kappa shape index (κ2) is 13.5. The van der Waals surface area contributed by atoms with Crippen LogP contribution in [0.5, 0.6) is 5.75 Å². The van der Waals surface area contributed by atoms with Crippen LogP contribution in [0.1, 0.15) is 49.1 Å². The lowest BCUT2D eigenvalue weighted by atomic mass is 9.85. The van der Waals surface area contributed by atoms with E-state index in [2.05, 4.69) is 25.6 Å². The number of halogens is 8. The molecule has 0 spiro atoms. The minimum atomic E-state index is -4.92. The first-order valence-electron chi connectivity index (χ1n) is 16.8. The number of aromatic nitrogens is 3. The molecule has 3 aliphatic heterocycles. The fourth-order valence-corrected chi connectivity index (χ4v) is 8.03. The molecule has 9 nitrogen and oxygen atoms in total. The van der Waals surface area contributed by atoms with E-state index in [-0.39, 0.29) is 102 Å². The van der Waals surface area contributed by atoms with Gasteiger partial charge in [-0.15, -0.1) is 19.6 Å². The van der Waals surface area contributed by atoms with E-state index in [1.54, 1.807) is 0 Å². The molecule has 1 N–H and O–H groups in total. The van der Waals surface area contributed by atoms with Crippen molar-refractivity contribution in [2.45, 2.75) is 75.2 Å². The quantitative estimate of drug-likeness (QED) is 0.160. The van der Waals surface area contributed by atoms with Gasteiger partial charge in [0.25, 0.3) is 0 Å². The number of hydrogen-bond donors (Lipinski definition) is 1. The molecule has 5 heterocycles. The maximum atomic E-state index is 16.9. The van der Waals surface area contributed by atoms with E-state index in [1.165, 1.54) is 12.1 Å². The van der Waals surface area contributed by atoms with Gasteiger partial charge in [-0.3, -0.25) is 19.4 Å². The molecule has 0 bridgehead atoms. The van der Waals surface area contributed by atoms with Crippen molar-refractivity contribution in [3.63, 3.8) is 0 Å². The van der Waals surface area contributed by atoms with Crippen LogP contribution in [0.25, 0.3) is 27.7 Å². The van der Waals surface area contributed by atoms with E-state index in [9.17, 15) is 40.6 Å². The van der Waals surface area contributed by atoms with Crippen molar-refractivity contribution in [1.29, 1.82) is 0 Å². The third kappa shape index (κ3) is 7.01. The summed E-state index contributed by atoms with van der Waals surface area (Å²) in [7, 11) is 0. The number of alkyl halides is 6. The molecular formula is C36H31F8N5O4. The van der Waals surface area contributed by atoms with Crippen LogP contribution in [-0.2, 0) is 27.1 Å². The summed E-state index contributed by atoms with van der Waals surface area (Å²) in [4.78, 5) is 27.9. The molecule has 0 saturated carbocycles. The van der Waals surface area contributed by atoms with Crippen LogP contribution in [-0.4, -0.2) is 87.7 Å². The lowest BCUT2D eigenvalue weighted by Crippen LogP contribution is -2.42. The van der Waals surface area contributed by atoms with Gasteiger partial charge in [-0.1, -0.05) is 5.92 Å². The first kappa shape index (κ1) is 36.5. The molecule has 1 aromatic carbocycles. The van der Waals surface area contributed by atoms with Gasteiger partial charge in [0.05, 0.1) is 23.6 Å². The van der Waals surface area contributed by atoms with Gasteiger partial charge in [-0.25, -0.2) is 18.7 Å². The molecule has 2 saturated heterocycles. The highest BCUT2D eigenvalue weighted by Gasteiger charge is 2.51. The maximum Gasteiger partial charge on any atom is 0.522 e. The number of aryl methyl sites for hydroxylation is 2. The van der Waals surface area contributed by atoms with Crippen LogP contribution < -0.4 is 4.90 Å². The van der Waals surface area contributed by atoms with Crippen molar-refractivity contribution in [1.82, 2.24) is 19.9 Å². The smallest absolute Gasteiger partial charge is 0.508 e. The number of benzene rings is 1. The number of aldehydes is 1. The minimum Gasteiger partial charge on any atom is -0.508 e. The standard InChI is InChI=1S/C36H31F8N5O4/c1-2-23-26(37)5-4-19-12-20(51)13-24(29(19)23)31-30(38)32-25(15-45-31)33(48-11-7-21(18-50)52-27(17-48)35(39,40)41)47-28(46-32)6-9-34-8-3-10-49(34)16-22(14-34)53-36(42,43)44/h1,7,12-13,15,18,22,27,51H,3-6,8-11,14,16-17H2. The van der Waals surface area contributed by atoms with Crippen molar-refractivity contribution in [3.8, 4) is 29.4 Å². The van der Waals surface area contributed by atoms with Gasteiger partial charge in [0.15, 0.2) is 17.9 Å². The second-order valence-electron chi connectivity index (χ2n) is 13.5. The third-order valence-electron chi connectivity index (χ3n) is 10.3. The van der Waals surface area contributed by atoms with Crippen molar-refractivity contribution in [3.05, 3.63) is 58.8 Å². The molecule has 2 aromatic heterocycles. The lowest BCUT2D eigenvalue weighted by molar-refractivity contribution is -0.340. The largest absolute Gasteiger partial charge is 0.522 e. The van der Waals surface area contributed by atoms with Crippen molar-refractivity contribution < 1.29 is 54.5 Å². The highest BCUT2D eigenvalue weighted by molar-refractivity contribution is 5.96. The summed E-state index contributed by atoms with van der Waals surface area (Å²) in [5.41, 5.74) is -1.03. The minimum absolute atomic E-state index is 0.00550. The maximum absolute atomic E-state index is 16.9. The number of nitrogens with zero attached hydrogens (tertiary/aromatic N) is 5. The monoisotopic (exact) mass is 749 g/mol. The average Bonchev–Trinajstić information content (AvgIpc) is 3.52. The van der Waals surface area contributed by atoms with Crippen molar-refractivity contribution >= 4 is 28.6 Å². The van der Waals surface area contributed by atoms with Gasteiger partial charge in [-0.05, 0) is 62.4 Å². The fraction of sp³-hybridized carbons (Fsp3) is 0.444. The number of carbonyl (C=O) groups excluding carboxylic acids is 1. The Bertz CT molecular complexity index is 2080. The lowest BCUT2D eigenvalue weighted by Gasteiger charge is -2.32. The fourth-order valence-electron chi connectivity index (χ4n) is 8.03. The van der Waals surface area contributed by atoms with Gasteiger partial charge < -0.3 is 14.7 Å². The normalized spacial score (nSPS) is 23.7. The summed E-state index contributed by atoms with van der Waals surface area (Å²) in [6, 6.07) is 2.56. The second-order valence-corrected chi connectivity index (χ2v) is 13.5. The van der Waals surface area contributed by atoms with Gasteiger partial charge in [-0.2, -0.15) is 13.2 Å². The molecule has 7 rings (SSSR count). The van der Waals surface area contributed by atoms with E-state index >= 15 is 4.39 Å². The molecule has 4 aliphatic rings. The summed E-state index contributed by atoms with van der Waals surface area (Å²) in [6.07, 6.45) is -3.59. The summed E-state index contributed by atoms with van der Waals surface area (Å²) >= 11 is 0. The molecule has 3 unspecified atom stereocenters. The predicted molar refractivity (Wildman–Crippen MR) is 174 cm³/mol. The van der Waals surface area contributed by atoms with E-state index in [0.717, 1.165) is 17.2 Å². The predicted octanol–water partition coefficient (Wildman–Crippen LogP) is 6.72. The van der Waals surface area contributed by atoms with Crippen LogP contribution in [0.2, 0.25) is 0 Å². The average molecular weight is 750 g/mol. The molecule has 3 atom stereocenters. The SMILES string of the molecule is C#CC1=C(F)CCc2cc(O)cc(-c3ncc4c(N5CC=C(C=O)OC(C(F)(F)F)C5)nc(CCC56CCCN5CC(OC(F)(F)F)C6)nc4c3F)c21. The Balaban J connectivity index is 1.35. The highest BCUT2D eigenvalue weighted by Crippen LogP contribution is 2.45. The van der Waals surface area contributed by atoms with Crippen molar-refractivity contribution in [2.75, 3.05) is 31.1 Å². The van der Waals surface area contributed by atoms with Crippen LogP contribution >= 0.6 is 0 Å². The number of anilines is 1. The first-order valence-corrected chi connectivity index (χ1v) is 16.8. The Morgan fingerprint density at radius 2 is 1.92 bits per heavy atom. The van der Waals surface area contributed by atoms with Gasteiger partial charge in [0.1, 0.15) is 34.4 Å². The summed E-state index contributed by atoms with van der Waals surface area (Å²) in [6.45, 7) is -0.574. The topological polar surface area (TPSA) is 101 Å². The Morgan fingerprint density at radius 1 is 1.13 bits per heavy atom. The number of phenolic OH excluding ortho intramolecular Hbond substituents is 1. The number of carbonyl (C=O) groups is 1. The van der Waals surface area contributed by atoms with Crippen LogP contribution in [0.15, 0.2) is 36.0 Å². The molecule has 53 heavy (non-hydrogen) atoms. The number of rotatable bonds is 7. The number of ether oxygens (including phenoxy) is 2. The zero-order valence-corrected chi connectivity index (χ0v) is 27.8. The van der Waals surface area contributed by atoms with Gasteiger partial charge in [0.2, 0.25) is 6.10 Å². The van der Waals surface area contributed by atoms with Gasteiger partial charge in [0, 0.05) is 48.8 Å². The highest BCUT2D eigenvalue weighted by atomic mass is 19.4. The molecule has 0 radical (unpaired) electrons. The van der Waals surface area contributed by atoms with Crippen LogP contribution in [0.3, 0.4) is 0 Å². The first-order chi connectivity index (χ1) is 25.1. The Morgan fingerprint density at radius 3 is 2.64 bits per heavy atom. The number of terminal acetylenes is 1. The summed E-state index contributed by atoms with van der Waals surface area (Å²) in [5, 5.41) is 10.4. The van der Waals surface area contributed by atoms with E-state index < -0.39 is 54.2 Å². The number of hydrogen-bond acceptors (Lipinski definition) is 9. The molecule has 3 aromatic rings. The number of pyridine rings is 1. The Hall–Kier alpha value is -4.82. The van der Waals surface area contributed by atoms with E-state index in [1.807, 2.05) is 4.90 Å². The summed E-state index contributed by atoms with van der Waals surface area (Å²) in [5.74, 6) is -0.395. The van der Waals surface area contributed by atoms with E-state index in [4.69, 9.17) is 11.2 Å². The molecule has 17 heteroatoms. The zero-order valence-electron chi connectivity index (χ0n) is 27.8. The molecule has 280 valence electrons. The molecule has 2 fully saturated rings. The molecule has 0 amide bonds. The van der Waals surface area contributed by atoms with E-state index in [0.29, 0.717) is 24.9 Å². The third-order valence-corrected chi connectivity index (χ3v) is 10.3. The molecule has 1 aliphatic carbocycles.